The van der Waals surface area contributed by atoms with Crippen LogP contribution in [0.2, 0.25) is 10.0 Å². The minimum absolute atomic E-state index is 0.0537. The van der Waals surface area contributed by atoms with E-state index in [0.717, 1.165) is 12.8 Å². The smallest absolute Gasteiger partial charge is 0.405 e. The quantitative estimate of drug-likeness (QED) is 0.220. The number of carbonyl (C=O) groups excluding carboxylic acids is 2. The Balaban J connectivity index is 1.73. The van der Waals surface area contributed by atoms with Crippen molar-refractivity contribution in [3.8, 4) is 23.0 Å². The summed E-state index contributed by atoms with van der Waals surface area (Å²) in [4.78, 5) is 33.6. The molecule has 1 saturated carbocycles. The zero-order valence-corrected chi connectivity index (χ0v) is 24.6. The highest BCUT2D eigenvalue weighted by atomic mass is 35.5. The number of hydrogen-bond donors (Lipinski definition) is 2. The van der Waals surface area contributed by atoms with Crippen molar-refractivity contribution in [3.05, 3.63) is 57.7 Å². The number of carbonyl (C=O) groups is 2. The Kier molecular flexibility index (Phi) is 9.78. The fraction of sp³-hybridized carbons (Fsp3) is 0.429. The summed E-state index contributed by atoms with van der Waals surface area (Å²) in [5.41, 5.74) is 5.50. The number of primary amides is 1. The van der Waals surface area contributed by atoms with Gasteiger partial charge >= 0.3 is 12.7 Å². The molecule has 1 aliphatic carbocycles. The number of ether oxygens (including phenoxy) is 3. The predicted molar refractivity (Wildman–Crippen MR) is 150 cm³/mol. The minimum Gasteiger partial charge on any atom is -0.489 e. The number of pyridine rings is 1. The number of hydrogen-bond acceptors (Lipinski definition) is 8. The van der Waals surface area contributed by atoms with Gasteiger partial charge in [-0.2, -0.15) is 8.78 Å². The lowest BCUT2D eigenvalue weighted by atomic mass is 9.88. The SMILES string of the molecule is CC(C)(C)CC(OC(N)=O)c1oc(-c2ccc(OC(F)F)c(OCC3CC3)c2)nc1C(=O)NCc1c(Cl)cncc1Cl. The van der Waals surface area contributed by atoms with Gasteiger partial charge in [0, 0.05) is 30.1 Å². The molecule has 0 aliphatic heterocycles. The van der Waals surface area contributed by atoms with E-state index in [4.69, 9.17) is 42.8 Å². The molecule has 226 valence electrons. The van der Waals surface area contributed by atoms with Crippen molar-refractivity contribution in [2.24, 2.45) is 17.1 Å². The fourth-order valence-electron chi connectivity index (χ4n) is 4.02. The van der Waals surface area contributed by atoms with Gasteiger partial charge in [-0.1, -0.05) is 44.0 Å². The van der Waals surface area contributed by atoms with Gasteiger partial charge in [0.15, 0.2) is 29.1 Å². The number of rotatable bonds is 12. The highest BCUT2D eigenvalue weighted by molar-refractivity contribution is 6.35. The Hall–Kier alpha value is -3.64. The van der Waals surface area contributed by atoms with Crippen molar-refractivity contribution < 1.29 is 37.0 Å². The second-order valence-electron chi connectivity index (χ2n) is 11.0. The van der Waals surface area contributed by atoms with E-state index < -0.39 is 30.1 Å². The number of aromatic nitrogens is 2. The molecule has 42 heavy (non-hydrogen) atoms. The van der Waals surface area contributed by atoms with Crippen LogP contribution in [0.25, 0.3) is 11.5 Å². The maximum atomic E-state index is 13.5. The van der Waals surface area contributed by atoms with Crippen LogP contribution < -0.4 is 20.5 Å². The zero-order valence-electron chi connectivity index (χ0n) is 23.1. The predicted octanol–water partition coefficient (Wildman–Crippen LogP) is 6.94. The molecule has 2 aromatic heterocycles. The molecule has 10 nitrogen and oxygen atoms in total. The monoisotopic (exact) mass is 626 g/mol. The van der Waals surface area contributed by atoms with Crippen LogP contribution >= 0.6 is 23.2 Å². The van der Waals surface area contributed by atoms with E-state index in [1.807, 2.05) is 20.8 Å². The van der Waals surface area contributed by atoms with Crippen molar-refractivity contribution in [1.82, 2.24) is 15.3 Å². The topological polar surface area (TPSA) is 139 Å². The van der Waals surface area contributed by atoms with Crippen LogP contribution in [-0.4, -0.2) is 35.2 Å². The van der Waals surface area contributed by atoms with Crippen LogP contribution in [0.15, 0.2) is 35.0 Å². The molecule has 1 unspecified atom stereocenters. The molecule has 0 saturated heterocycles. The molecular formula is C28H30Cl2F2N4O6. The number of nitrogens with two attached hydrogens (primary N) is 1. The molecule has 0 radical (unpaired) electrons. The van der Waals surface area contributed by atoms with Crippen molar-refractivity contribution in [1.29, 1.82) is 0 Å². The summed E-state index contributed by atoms with van der Waals surface area (Å²) in [5.74, 6) is -0.555. The molecule has 3 N–H and O–H groups in total. The highest BCUT2D eigenvalue weighted by Crippen LogP contribution is 2.39. The van der Waals surface area contributed by atoms with E-state index in [1.165, 1.54) is 30.6 Å². The Morgan fingerprint density at radius 2 is 1.86 bits per heavy atom. The number of amides is 2. The van der Waals surface area contributed by atoms with Gasteiger partial charge in [0.05, 0.1) is 16.7 Å². The summed E-state index contributed by atoms with van der Waals surface area (Å²) < 4.78 is 47.8. The number of alkyl halides is 2. The van der Waals surface area contributed by atoms with Gasteiger partial charge in [-0.25, -0.2) is 9.78 Å². The zero-order chi connectivity index (χ0) is 30.6. The van der Waals surface area contributed by atoms with Crippen LogP contribution in [0.3, 0.4) is 0 Å². The third-order valence-electron chi connectivity index (χ3n) is 6.17. The molecule has 1 fully saturated rings. The summed E-state index contributed by atoms with van der Waals surface area (Å²) in [5, 5.41) is 3.19. The van der Waals surface area contributed by atoms with Crippen LogP contribution in [0.5, 0.6) is 11.5 Å². The van der Waals surface area contributed by atoms with Crippen LogP contribution in [0.1, 0.15) is 67.9 Å². The summed E-state index contributed by atoms with van der Waals surface area (Å²) in [7, 11) is 0. The lowest BCUT2D eigenvalue weighted by Gasteiger charge is -2.24. The summed E-state index contributed by atoms with van der Waals surface area (Å²) >= 11 is 12.4. The fourth-order valence-corrected chi connectivity index (χ4v) is 4.52. The normalized spacial score (nSPS) is 14.0. The first-order valence-corrected chi connectivity index (χ1v) is 13.8. The Morgan fingerprint density at radius 1 is 1.17 bits per heavy atom. The maximum absolute atomic E-state index is 13.5. The summed E-state index contributed by atoms with van der Waals surface area (Å²) in [6.45, 7) is 2.91. The average molecular weight is 627 g/mol. The summed E-state index contributed by atoms with van der Waals surface area (Å²) in [6.07, 6.45) is 2.81. The van der Waals surface area contributed by atoms with Crippen LogP contribution in [0, 0.1) is 11.3 Å². The van der Waals surface area contributed by atoms with Crippen molar-refractivity contribution >= 4 is 35.2 Å². The van der Waals surface area contributed by atoms with Gasteiger partial charge < -0.3 is 29.7 Å². The van der Waals surface area contributed by atoms with Gasteiger partial charge in [0.2, 0.25) is 5.89 Å². The van der Waals surface area contributed by atoms with Crippen molar-refractivity contribution in [2.75, 3.05) is 6.61 Å². The Morgan fingerprint density at radius 3 is 2.45 bits per heavy atom. The van der Waals surface area contributed by atoms with E-state index >= 15 is 0 Å². The molecular weight excluding hydrogens is 597 g/mol. The van der Waals surface area contributed by atoms with E-state index in [2.05, 4.69) is 20.0 Å². The van der Waals surface area contributed by atoms with E-state index in [1.54, 1.807) is 0 Å². The molecule has 1 aromatic carbocycles. The molecule has 14 heteroatoms. The molecule has 4 rings (SSSR count). The van der Waals surface area contributed by atoms with E-state index in [-0.39, 0.29) is 51.9 Å². The van der Waals surface area contributed by atoms with Crippen LogP contribution in [-0.2, 0) is 11.3 Å². The standard InChI is InChI=1S/C28H30Cl2F2N4O6/c1-28(2,3)9-21(41-27(33)38)23-22(24(37)35-10-16-17(29)11-34-12-18(16)30)36-25(42-23)15-6-7-19(40-26(31)32)20(8-15)39-13-14-4-5-14/h6-8,11-12,14,21,26H,4-5,9-10,13H2,1-3H3,(H2,33,38)(H,35,37). The molecule has 0 bridgehead atoms. The molecule has 0 spiro atoms. The first-order valence-electron chi connectivity index (χ1n) is 13.1. The lowest BCUT2D eigenvalue weighted by Crippen LogP contribution is -2.27. The van der Waals surface area contributed by atoms with Gasteiger partial charge in [-0.3, -0.25) is 9.78 Å². The number of halogens is 4. The van der Waals surface area contributed by atoms with Crippen LogP contribution in [0.4, 0.5) is 13.6 Å². The van der Waals surface area contributed by atoms with Crippen molar-refractivity contribution in [2.45, 2.75) is 59.3 Å². The number of nitrogens with zero attached hydrogens (tertiary/aromatic N) is 2. The number of oxazole rings is 1. The van der Waals surface area contributed by atoms with Gasteiger partial charge in [-0.05, 0) is 48.8 Å². The molecule has 1 atom stereocenters. The number of benzene rings is 1. The van der Waals surface area contributed by atoms with Gasteiger partial charge in [-0.15, -0.1) is 0 Å². The highest BCUT2D eigenvalue weighted by Gasteiger charge is 2.33. The molecule has 1 aliphatic rings. The average Bonchev–Trinajstić information content (AvgIpc) is 3.61. The van der Waals surface area contributed by atoms with E-state index in [0.29, 0.717) is 23.7 Å². The van der Waals surface area contributed by atoms with E-state index in [9.17, 15) is 18.4 Å². The largest absolute Gasteiger partial charge is 0.489 e. The third kappa shape index (κ3) is 8.45. The van der Waals surface area contributed by atoms with Gasteiger partial charge in [0.1, 0.15) is 0 Å². The first-order chi connectivity index (χ1) is 19.8. The number of nitrogens with one attached hydrogen (secondary N) is 1. The molecule has 2 amide bonds. The third-order valence-corrected chi connectivity index (χ3v) is 6.82. The second-order valence-corrected chi connectivity index (χ2v) is 11.8. The minimum atomic E-state index is -3.06. The first kappa shape index (κ1) is 31.3. The summed E-state index contributed by atoms with van der Waals surface area (Å²) in [6, 6.07) is 4.16. The Labute approximate surface area is 250 Å². The molecule has 3 aromatic rings. The van der Waals surface area contributed by atoms with Gasteiger partial charge in [0.25, 0.3) is 5.91 Å². The lowest BCUT2D eigenvalue weighted by molar-refractivity contribution is -0.0515. The Bertz CT molecular complexity index is 1420. The second kappa shape index (κ2) is 13.1. The van der Waals surface area contributed by atoms with Crippen molar-refractivity contribution in [3.63, 3.8) is 0 Å². The maximum Gasteiger partial charge on any atom is 0.405 e. The molecule has 2 heterocycles.